The third kappa shape index (κ3) is 1.99. The molecule has 1 heterocycles. The Labute approximate surface area is 98.7 Å². The molecule has 0 aromatic carbocycles. The Morgan fingerprint density at radius 3 is 2.62 bits per heavy atom. The van der Waals surface area contributed by atoms with Crippen molar-refractivity contribution in [3.05, 3.63) is 0 Å². The zero-order chi connectivity index (χ0) is 11.5. The lowest BCUT2D eigenvalue weighted by atomic mass is 9.78. The van der Waals surface area contributed by atoms with Crippen molar-refractivity contribution in [3.63, 3.8) is 0 Å². The standard InChI is InChI=1S/C14H22O2/c1-3-4-5-6-8-13(2)9-7-10-14(13)15-11-12-16-14/h1H,4-12H2,2H3/t13-/m1/s1. The van der Waals surface area contributed by atoms with Gasteiger partial charge in [0.15, 0.2) is 5.79 Å². The molecule has 1 saturated carbocycles. The molecule has 0 amide bonds. The predicted octanol–water partition coefficient (Wildman–Crippen LogP) is 3.11. The van der Waals surface area contributed by atoms with Gasteiger partial charge in [-0.05, 0) is 25.7 Å². The van der Waals surface area contributed by atoms with E-state index in [0.29, 0.717) is 0 Å². The first kappa shape index (κ1) is 12.0. The minimum atomic E-state index is -0.261. The second kappa shape index (κ2) is 4.77. The Hall–Kier alpha value is -0.520. The summed E-state index contributed by atoms with van der Waals surface area (Å²) in [6, 6.07) is 0. The summed E-state index contributed by atoms with van der Waals surface area (Å²) >= 11 is 0. The average Bonchev–Trinajstić information content (AvgIpc) is 2.86. The number of hydrogen-bond donors (Lipinski definition) is 0. The van der Waals surface area contributed by atoms with Crippen molar-refractivity contribution in [1.29, 1.82) is 0 Å². The van der Waals surface area contributed by atoms with Crippen LogP contribution in [-0.2, 0) is 9.47 Å². The molecule has 0 unspecified atom stereocenters. The molecule has 2 fully saturated rings. The van der Waals surface area contributed by atoms with Crippen LogP contribution >= 0.6 is 0 Å². The summed E-state index contributed by atoms with van der Waals surface area (Å²) in [4.78, 5) is 0. The molecule has 1 atom stereocenters. The lowest BCUT2D eigenvalue weighted by Gasteiger charge is -2.39. The summed E-state index contributed by atoms with van der Waals surface area (Å²) in [6.07, 6.45) is 13.2. The van der Waals surface area contributed by atoms with Crippen LogP contribution in [0.25, 0.3) is 0 Å². The lowest BCUT2D eigenvalue weighted by Crippen LogP contribution is -2.43. The van der Waals surface area contributed by atoms with Gasteiger partial charge < -0.3 is 9.47 Å². The van der Waals surface area contributed by atoms with Gasteiger partial charge >= 0.3 is 0 Å². The summed E-state index contributed by atoms with van der Waals surface area (Å²) in [5.41, 5.74) is 0.206. The third-order valence-electron chi connectivity index (χ3n) is 4.21. The van der Waals surface area contributed by atoms with E-state index in [1.165, 1.54) is 25.7 Å². The van der Waals surface area contributed by atoms with Crippen molar-refractivity contribution in [3.8, 4) is 12.3 Å². The van der Waals surface area contributed by atoms with Crippen molar-refractivity contribution in [2.24, 2.45) is 5.41 Å². The van der Waals surface area contributed by atoms with E-state index in [-0.39, 0.29) is 11.2 Å². The highest BCUT2D eigenvalue weighted by Gasteiger charge is 2.55. The molecule has 0 N–H and O–H groups in total. The van der Waals surface area contributed by atoms with Crippen molar-refractivity contribution >= 4 is 0 Å². The summed E-state index contributed by atoms with van der Waals surface area (Å²) in [7, 11) is 0. The van der Waals surface area contributed by atoms with Gasteiger partial charge in [-0.2, -0.15) is 0 Å². The highest BCUT2D eigenvalue weighted by Crippen LogP contribution is 2.53. The molecule has 1 aliphatic carbocycles. The van der Waals surface area contributed by atoms with Crippen molar-refractivity contribution in [2.75, 3.05) is 13.2 Å². The molecule has 1 saturated heterocycles. The largest absolute Gasteiger partial charge is 0.347 e. The van der Waals surface area contributed by atoms with Gasteiger partial charge in [0.05, 0.1) is 13.2 Å². The second-order valence-electron chi connectivity index (χ2n) is 5.28. The first-order valence-corrected chi connectivity index (χ1v) is 6.44. The quantitative estimate of drug-likeness (QED) is 0.537. The van der Waals surface area contributed by atoms with Crippen LogP contribution in [-0.4, -0.2) is 19.0 Å². The van der Waals surface area contributed by atoms with Crippen LogP contribution in [0.5, 0.6) is 0 Å². The van der Waals surface area contributed by atoms with Crippen LogP contribution in [0, 0.1) is 17.8 Å². The van der Waals surface area contributed by atoms with Crippen LogP contribution < -0.4 is 0 Å². The molecule has 2 aliphatic rings. The van der Waals surface area contributed by atoms with E-state index in [0.717, 1.165) is 32.5 Å². The first-order valence-electron chi connectivity index (χ1n) is 6.44. The van der Waals surface area contributed by atoms with Crippen LogP contribution in [0.4, 0.5) is 0 Å². The molecule has 90 valence electrons. The Kier molecular flexibility index (Phi) is 3.56. The maximum atomic E-state index is 5.91. The van der Waals surface area contributed by atoms with Gasteiger partial charge in [-0.3, -0.25) is 0 Å². The number of terminal acetylenes is 1. The van der Waals surface area contributed by atoms with Gasteiger partial charge in [0.2, 0.25) is 0 Å². The monoisotopic (exact) mass is 222 g/mol. The number of hydrogen-bond acceptors (Lipinski definition) is 2. The SMILES string of the molecule is C#CCCCC[C@]1(C)CCCC12OCCO2. The zero-order valence-electron chi connectivity index (χ0n) is 10.3. The van der Waals surface area contributed by atoms with E-state index in [9.17, 15) is 0 Å². The van der Waals surface area contributed by atoms with Crippen molar-refractivity contribution < 1.29 is 9.47 Å². The summed E-state index contributed by atoms with van der Waals surface area (Å²) < 4.78 is 11.8. The fraction of sp³-hybridized carbons (Fsp3) is 0.857. The molecular weight excluding hydrogens is 200 g/mol. The molecule has 0 bridgehead atoms. The summed E-state index contributed by atoms with van der Waals surface area (Å²) in [5, 5.41) is 0. The molecule has 1 spiro atoms. The van der Waals surface area contributed by atoms with Gasteiger partial charge in [0, 0.05) is 18.3 Å². The molecule has 0 aromatic heterocycles. The lowest BCUT2D eigenvalue weighted by molar-refractivity contribution is -0.218. The first-order chi connectivity index (χ1) is 7.72. The van der Waals surface area contributed by atoms with Crippen molar-refractivity contribution in [1.82, 2.24) is 0 Å². The predicted molar refractivity (Wildman–Crippen MR) is 63.9 cm³/mol. The number of unbranched alkanes of at least 4 members (excludes halogenated alkanes) is 2. The summed E-state index contributed by atoms with van der Waals surface area (Å²) in [5.74, 6) is 2.44. The Morgan fingerprint density at radius 1 is 1.19 bits per heavy atom. The minimum absolute atomic E-state index is 0.206. The molecule has 0 radical (unpaired) electrons. The zero-order valence-corrected chi connectivity index (χ0v) is 10.3. The van der Waals surface area contributed by atoms with Crippen molar-refractivity contribution in [2.45, 2.75) is 57.7 Å². The van der Waals surface area contributed by atoms with Gasteiger partial charge in [0.25, 0.3) is 0 Å². The van der Waals surface area contributed by atoms with E-state index in [1.807, 2.05) is 0 Å². The van der Waals surface area contributed by atoms with Crippen LogP contribution in [0.2, 0.25) is 0 Å². The maximum Gasteiger partial charge on any atom is 0.173 e. The highest BCUT2D eigenvalue weighted by molar-refractivity contribution is 4.98. The van der Waals surface area contributed by atoms with Crippen LogP contribution in [0.3, 0.4) is 0 Å². The molecule has 2 heteroatoms. The molecule has 1 aliphatic heterocycles. The number of rotatable bonds is 4. The minimum Gasteiger partial charge on any atom is -0.347 e. The van der Waals surface area contributed by atoms with Gasteiger partial charge in [0.1, 0.15) is 0 Å². The Balaban J connectivity index is 1.92. The summed E-state index contributed by atoms with van der Waals surface area (Å²) in [6.45, 7) is 3.85. The Bertz CT molecular complexity index is 267. The normalized spacial score (nSPS) is 32.0. The van der Waals surface area contributed by atoms with Gasteiger partial charge in [-0.25, -0.2) is 0 Å². The third-order valence-corrected chi connectivity index (χ3v) is 4.21. The van der Waals surface area contributed by atoms with E-state index in [4.69, 9.17) is 15.9 Å². The molecule has 2 rings (SSSR count). The second-order valence-corrected chi connectivity index (χ2v) is 5.28. The van der Waals surface area contributed by atoms with Gasteiger partial charge in [-0.15, -0.1) is 12.3 Å². The molecule has 0 aromatic rings. The Morgan fingerprint density at radius 2 is 1.94 bits per heavy atom. The highest BCUT2D eigenvalue weighted by atomic mass is 16.7. The fourth-order valence-corrected chi connectivity index (χ4v) is 3.21. The van der Waals surface area contributed by atoms with E-state index >= 15 is 0 Å². The maximum absolute atomic E-state index is 5.91. The van der Waals surface area contributed by atoms with E-state index in [1.54, 1.807) is 0 Å². The number of ether oxygens (including phenoxy) is 2. The smallest absolute Gasteiger partial charge is 0.173 e. The molecule has 2 nitrogen and oxygen atoms in total. The van der Waals surface area contributed by atoms with E-state index in [2.05, 4.69) is 12.8 Å². The molecule has 16 heavy (non-hydrogen) atoms. The van der Waals surface area contributed by atoms with Gasteiger partial charge in [-0.1, -0.05) is 13.3 Å². The van der Waals surface area contributed by atoms with Crippen LogP contribution in [0.1, 0.15) is 51.9 Å². The average molecular weight is 222 g/mol. The van der Waals surface area contributed by atoms with Crippen LogP contribution in [0.15, 0.2) is 0 Å². The topological polar surface area (TPSA) is 18.5 Å². The molecular formula is C14H22O2. The fourth-order valence-electron chi connectivity index (χ4n) is 3.21. The van der Waals surface area contributed by atoms with E-state index < -0.39 is 0 Å².